The first-order valence-corrected chi connectivity index (χ1v) is 1.72. The van der Waals surface area contributed by atoms with E-state index in [2.05, 4.69) is 0 Å². The van der Waals surface area contributed by atoms with Crippen molar-refractivity contribution in [2.24, 2.45) is 0 Å². The molecule has 0 rings (SSSR count). The van der Waals surface area contributed by atoms with E-state index in [0.717, 1.165) is 0 Å². The first-order chi connectivity index (χ1) is 2.00. The van der Waals surface area contributed by atoms with Crippen LogP contribution in [0, 0.1) is 0 Å². The van der Waals surface area contributed by atoms with Crippen molar-refractivity contribution in [2.75, 3.05) is 0 Å². The van der Waals surface area contributed by atoms with Crippen molar-refractivity contribution in [3.8, 4) is 0 Å². The van der Waals surface area contributed by atoms with Gasteiger partial charge in [-0.3, -0.25) is 0 Å². The van der Waals surface area contributed by atoms with E-state index in [9.17, 15) is 0 Å². The first kappa shape index (κ1) is 10.5. The van der Waals surface area contributed by atoms with E-state index >= 15 is 0 Å². The Kier molecular flexibility index (Phi) is 6.17. The minimum atomic E-state index is -0.500. The molecule has 1 N–H and O–H groups in total. The number of rotatable bonds is 0. The van der Waals surface area contributed by atoms with E-state index in [4.69, 9.17) is 5.11 Å². The predicted molar refractivity (Wildman–Crippen MR) is 30.5 cm³/mol. The van der Waals surface area contributed by atoms with Gasteiger partial charge in [0.05, 0.1) is 5.60 Å². The molecule has 0 amide bonds. The fourth-order valence-electron chi connectivity index (χ4n) is 0. The Morgan fingerprint density at radius 3 is 1.17 bits per heavy atom. The molecule has 2 heteroatoms. The summed E-state index contributed by atoms with van der Waals surface area (Å²) in [6.45, 7) is 5.23. The van der Waals surface area contributed by atoms with E-state index in [0.29, 0.717) is 0 Å². The second kappa shape index (κ2) is 3.52. The zero-order valence-corrected chi connectivity index (χ0v) is 3.95. The quantitative estimate of drug-likeness (QED) is 0.556. The van der Waals surface area contributed by atoms with Gasteiger partial charge in [0.1, 0.15) is 0 Å². The summed E-state index contributed by atoms with van der Waals surface area (Å²) in [5.41, 5.74) is -0.500. The Bertz CT molecular complexity index is 23.0. The molecule has 36 valence electrons. The summed E-state index contributed by atoms with van der Waals surface area (Å²) in [5.74, 6) is 0. The molecule has 0 aromatic carbocycles. The molecule has 0 radical (unpaired) electrons. The maximum atomic E-state index is 8.52. The van der Waals surface area contributed by atoms with Gasteiger partial charge in [0.25, 0.3) is 0 Å². The monoisotopic (exact) mass is 214 g/mol. The molecule has 1 nitrogen and oxygen atoms in total. The summed E-state index contributed by atoms with van der Waals surface area (Å²) in [4.78, 5) is 0. The van der Waals surface area contributed by atoms with Crippen LogP contribution in [-0.4, -0.2) is 59.6 Å². The van der Waals surface area contributed by atoms with Gasteiger partial charge >= 0.3 is 48.9 Å². The third-order valence-electron chi connectivity index (χ3n) is 0. The van der Waals surface area contributed by atoms with E-state index in [-0.39, 0.29) is 48.9 Å². The van der Waals surface area contributed by atoms with Crippen molar-refractivity contribution < 1.29 is 5.11 Å². The normalized spacial score (nSPS) is 10.0. The summed E-state index contributed by atoms with van der Waals surface area (Å²) in [7, 11) is 0. The summed E-state index contributed by atoms with van der Waals surface area (Å²) in [6, 6.07) is 0. The van der Waals surface area contributed by atoms with Crippen molar-refractivity contribution in [1.29, 1.82) is 0 Å². The third-order valence-corrected chi connectivity index (χ3v) is 0. The molecule has 6 heavy (non-hydrogen) atoms. The molecule has 0 aliphatic carbocycles. The van der Waals surface area contributed by atoms with E-state index in [1.54, 1.807) is 20.8 Å². The molecule has 0 aliphatic heterocycles. The topological polar surface area (TPSA) is 20.2 Å². The Balaban J connectivity index is 0. The number of aliphatic hydroxyl groups is 1. The third kappa shape index (κ3) is 48.4. The molecule has 0 atom stereocenters. The van der Waals surface area contributed by atoms with Crippen LogP contribution >= 0.6 is 0 Å². The second-order valence-electron chi connectivity index (χ2n) is 2.17. The van der Waals surface area contributed by atoms with Crippen molar-refractivity contribution in [1.82, 2.24) is 0 Å². The Labute approximate surface area is 79.2 Å². The van der Waals surface area contributed by atoms with Gasteiger partial charge in [-0.1, -0.05) is 0 Å². The van der Waals surface area contributed by atoms with Gasteiger partial charge in [-0.05, 0) is 20.8 Å². The summed E-state index contributed by atoms with van der Waals surface area (Å²) >= 11 is 0. The molecule has 0 aromatic rings. The average molecular weight is 213 g/mol. The van der Waals surface area contributed by atoms with Crippen molar-refractivity contribution in [3.63, 3.8) is 0 Å². The second-order valence-corrected chi connectivity index (χ2v) is 2.17. The van der Waals surface area contributed by atoms with Gasteiger partial charge in [0.2, 0.25) is 0 Å². The van der Waals surface area contributed by atoms with E-state index in [1.807, 2.05) is 0 Å². The van der Waals surface area contributed by atoms with Crippen LogP contribution in [0.3, 0.4) is 0 Å². The van der Waals surface area contributed by atoms with Gasteiger partial charge < -0.3 is 5.11 Å². The fourth-order valence-corrected chi connectivity index (χ4v) is 0. The van der Waals surface area contributed by atoms with Gasteiger partial charge in [-0.25, -0.2) is 0 Å². The average Bonchev–Trinajstić information content (AvgIpc) is 0.722. The van der Waals surface area contributed by atoms with Crippen LogP contribution in [0.2, 0.25) is 0 Å². The van der Waals surface area contributed by atoms with Crippen LogP contribution in [-0.2, 0) is 0 Å². The fraction of sp³-hybridized carbons (Fsp3) is 1.00. The first-order valence-electron chi connectivity index (χ1n) is 1.72. The number of hydrogen-bond acceptors (Lipinski definition) is 1. The molecular weight excluding hydrogens is 201 g/mol. The van der Waals surface area contributed by atoms with Gasteiger partial charge in [0.15, 0.2) is 0 Å². The minimum absolute atomic E-state index is 0. The molecule has 0 aromatic heterocycles. The van der Waals surface area contributed by atoms with Crippen molar-refractivity contribution in [2.45, 2.75) is 26.4 Å². The summed E-state index contributed by atoms with van der Waals surface area (Å²) in [5, 5.41) is 8.52. The van der Waals surface area contributed by atoms with E-state index in [1.165, 1.54) is 0 Å². The van der Waals surface area contributed by atoms with Crippen LogP contribution < -0.4 is 0 Å². The van der Waals surface area contributed by atoms with Crippen molar-refractivity contribution >= 4 is 48.9 Å². The van der Waals surface area contributed by atoms with Crippen molar-refractivity contribution in [3.05, 3.63) is 0 Å². The molecule has 0 fully saturated rings. The molecule has 0 saturated carbocycles. The maximum absolute atomic E-state index is 8.52. The Morgan fingerprint density at radius 1 is 1.17 bits per heavy atom. The molecule has 0 aliphatic rings. The predicted octanol–water partition coefficient (Wildman–Crippen LogP) is -0.139. The van der Waals surface area contributed by atoms with Gasteiger partial charge in [-0.15, -0.1) is 0 Å². The van der Waals surface area contributed by atoms with Gasteiger partial charge in [-0.2, -0.15) is 0 Å². The zero-order chi connectivity index (χ0) is 4.50. The standard InChI is InChI=1S/C4H10O.Ba.2H/c1-4(2,3)5;;;/h5H,1-3H3;;;. The Hall–Kier alpha value is 1.53. The van der Waals surface area contributed by atoms with Crippen LogP contribution in [0.15, 0.2) is 0 Å². The van der Waals surface area contributed by atoms with E-state index < -0.39 is 5.60 Å². The summed E-state index contributed by atoms with van der Waals surface area (Å²) < 4.78 is 0. The molecule has 0 spiro atoms. The van der Waals surface area contributed by atoms with Crippen LogP contribution in [0.25, 0.3) is 0 Å². The summed E-state index contributed by atoms with van der Waals surface area (Å²) in [6.07, 6.45) is 0. The van der Waals surface area contributed by atoms with Crippen LogP contribution in [0.1, 0.15) is 20.8 Å². The Morgan fingerprint density at radius 2 is 1.17 bits per heavy atom. The molecular formula is C4H12BaO. The van der Waals surface area contributed by atoms with Crippen LogP contribution in [0.4, 0.5) is 0 Å². The molecule has 0 bridgehead atoms. The van der Waals surface area contributed by atoms with Crippen LogP contribution in [0.5, 0.6) is 0 Å². The number of hydrogen-bond donors (Lipinski definition) is 1. The molecule has 0 unspecified atom stereocenters. The molecule has 0 heterocycles. The van der Waals surface area contributed by atoms with Gasteiger partial charge in [0, 0.05) is 0 Å². The SMILES string of the molecule is CC(C)(C)O.[BaH2]. The zero-order valence-electron chi connectivity index (χ0n) is 3.95. The molecule has 0 saturated heterocycles.